The van der Waals surface area contributed by atoms with Crippen molar-refractivity contribution in [3.8, 4) is 11.5 Å². The zero-order chi connectivity index (χ0) is 12.7. The molecule has 0 heterocycles. The number of carboxylic acid groups (broad SMARTS) is 1. The maximum absolute atomic E-state index is 10.5. The Morgan fingerprint density at radius 2 is 1.94 bits per heavy atom. The van der Waals surface area contributed by atoms with Crippen LogP contribution in [0.1, 0.15) is 25.8 Å². The summed E-state index contributed by atoms with van der Waals surface area (Å²) in [6.07, 6.45) is 0.575. The van der Waals surface area contributed by atoms with Gasteiger partial charge in [-0.25, -0.2) is 0 Å². The molecule has 0 radical (unpaired) electrons. The standard InChI is InChI=1S/C13H18O4/c1-3-16-11-7-5-10(6-8-13(14)15)12(9-11)17-4-2/h5,7,9H,3-4,6,8H2,1-2H3,(H,14,15). The molecular weight excluding hydrogens is 220 g/mol. The molecule has 0 unspecified atom stereocenters. The van der Waals surface area contributed by atoms with Crippen LogP contribution < -0.4 is 9.47 Å². The van der Waals surface area contributed by atoms with Gasteiger partial charge in [-0.15, -0.1) is 0 Å². The van der Waals surface area contributed by atoms with Gasteiger partial charge in [-0.05, 0) is 31.9 Å². The highest BCUT2D eigenvalue weighted by Gasteiger charge is 2.07. The van der Waals surface area contributed by atoms with Crippen molar-refractivity contribution in [3.05, 3.63) is 23.8 Å². The minimum absolute atomic E-state index is 0.105. The van der Waals surface area contributed by atoms with Crippen molar-refractivity contribution < 1.29 is 19.4 Å². The molecule has 0 aliphatic heterocycles. The second-order valence-corrected chi connectivity index (χ2v) is 3.53. The second-order valence-electron chi connectivity index (χ2n) is 3.53. The Balaban J connectivity index is 2.83. The van der Waals surface area contributed by atoms with Gasteiger partial charge in [0.1, 0.15) is 11.5 Å². The first-order chi connectivity index (χ1) is 8.17. The molecular formula is C13H18O4. The van der Waals surface area contributed by atoms with Crippen LogP contribution in [0.3, 0.4) is 0 Å². The van der Waals surface area contributed by atoms with Gasteiger partial charge in [0, 0.05) is 12.5 Å². The molecule has 4 nitrogen and oxygen atoms in total. The highest BCUT2D eigenvalue weighted by molar-refractivity contribution is 5.67. The van der Waals surface area contributed by atoms with Gasteiger partial charge in [0.05, 0.1) is 13.2 Å². The minimum Gasteiger partial charge on any atom is -0.494 e. The highest BCUT2D eigenvalue weighted by atomic mass is 16.5. The Kier molecular flexibility index (Phi) is 5.33. The lowest BCUT2D eigenvalue weighted by atomic mass is 10.1. The predicted molar refractivity (Wildman–Crippen MR) is 64.7 cm³/mol. The fourth-order valence-corrected chi connectivity index (χ4v) is 1.53. The number of aliphatic carboxylic acids is 1. The van der Waals surface area contributed by atoms with Crippen LogP contribution in [0.15, 0.2) is 18.2 Å². The third kappa shape index (κ3) is 4.34. The van der Waals surface area contributed by atoms with Crippen LogP contribution in [0.25, 0.3) is 0 Å². The fraction of sp³-hybridized carbons (Fsp3) is 0.462. The molecule has 0 fully saturated rings. The van der Waals surface area contributed by atoms with E-state index in [2.05, 4.69) is 0 Å². The molecule has 0 atom stereocenters. The molecule has 0 saturated carbocycles. The number of hydrogen-bond acceptors (Lipinski definition) is 3. The molecule has 0 amide bonds. The Labute approximate surface area is 101 Å². The minimum atomic E-state index is -0.804. The van der Waals surface area contributed by atoms with Gasteiger partial charge in [-0.1, -0.05) is 6.07 Å². The Bertz CT molecular complexity index is 374. The number of hydrogen-bond donors (Lipinski definition) is 1. The first kappa shape index (κ1) is 13.4. The summed E-state index contributed by atoms with van der Waals surface area (Å²) in [6.45, 7) is 4.96. The van der Waals surface area contributed by atoms with Crippen molar-refractivity contribution in [1.82, 2.24) is 0 Å². The molecule has 0 aliphatic carbocycles. The molecule has 1 N–H and O–H groups in total. The summed E-state index contributed by atoms with van der Waals surface area (Å²) in [7, 11) is 0. The highest BCUT2D eigenvalue weighted by Crippen LogP contribution is 2.26. The van der Waals surface area contributed by atoms with Crippen molar-refractivity contribution in [2.24, 2.45) is 0 Å². The zero-order valence-electron chi connectivity index (χ0n) is 10.2. The van der Waals surface area contributed by atoms with Gasteiger partial charge in [-0.3, -0.25) is 4.79 Å². The van der Waals surface area contributed by atoms with Gasteiger partial charge < -0.3 is 14.6 Å². The van der Waals surface area contributed by atoms with Crippen molar-refractivity contribution in [2.75, 3.05) is 13.2 Å². The zero-order valence-corrected chi connectivity index (χ0v) is 10.2. The summed E-state index contributed by atoms with van der Waals surface area (Å²) in [5.74, 6) is 0.649. The van der Waals surface area contributed by atoms with E-state index < -0.39 is 5.97 Å². The van der Waals surface area contributed by atoms with E-state index in [0.717, 1.165) is 11.3 Å². The number of benzene rings is 1. The third-order valence-electron chi connectivity index (χ3n) is 2.26. The van der Waals surface area contributed by atoms with E-state index in [9.17, 15) is 4.79 Å². The molecule has 0 saturated heterocycles. The van der Waals surface area contributed by atoms with Gasteiger partial charge >= 0.3 is 5.97 Å². The van der Waals surface area contributed by atoms with E-state index in [1.165, 1.54) is 0 Å². The number of aryl methyl sites for hydroxylation is 1. The molecule has 1 aromatic carbocycles. The van der Waals surface area contributed by atoms with Crippen molar-refractivity contribution in [1.29, 1.82) is 0 Å². The van der Waals surface area contributed by atoms with Crippen LogP contribution in [0, 0.1) is 0 Å². The smallest absolute Gasteiger partial charge is 0.303 e. The van der Waals surface area contributed by atoms with Crippen LogP contribution in [0.5, 0.6) is 11.5 Å². The normalized spacial score (nSPS) is 10.0. The molecule has 4 heteroatoms. The molecule has 0 aromatic heterocycles. The Hall–Kier alpha value is -1.71. The fourth-order valence-electron chi connectivity index (χ4n) is 1.53. The monoisotopic (exact) mass is 238 g/mol. The summed E-state index contributed by atoms with van der Waals surface area (Å²) in [5, 5.41) is 8.67. The van der Waals surface area contributed by atoms with Crippen LogP contribution in [-0.2, 0) is 11.2 Å². The van der Waals surface area contributed by atoms with E-state index in [1.54, 1.807) is 0 Å². The summed E-state index contributed by atoms with van der Waals surface area (Å²) in [4.78, 5) is 10.5. The van der Waals surface area contributed by atoms with Gasteiger partial charge in [0.15, 0.2) is 0 Å². The average molecular weight is 238 g/mol. The third-order valence-corrected chi connectivity index (χ3v) is 2.26. The Morgan fingerprint density at radius 1 is 1.24 bits per heavy atom. The molecule has 0 aliphatic rings. The first-order valence-corrected chi connectivity index (χ1v) is 5.77. The number of rotatable bonds is 7. The van der Waals surface area contributed by atoms with E-state index in [1.807, 2.05) is 32.0 Å². The lowest BCUT2D eigenvalue weighted by Gasteiger charge is -2.11. The summed E-state index contributed by atoms with van der Waals surface area (Å²) >= 11 is 0. The van der Waals surface area contributed by atoms with Gasteiger partial charge in [-0.2, -0.15) is 0 Å². The molecule has 1 rings (SSSR count). The van der Waals surface area contributed by atoms with E-state index in [4.69, 9.17) is 14.6 Å². The quantitative estimate of drug-likeness (QED) is 0.793. The molecule has 0 bridgehead atoms. The summed E-state index contributed by atoms with van der Waals surface area (Å²) in [6, 6.07) is 5.51. The lowest BCUT2D eigenvalue weighted by molar-refractivity contribution is -0.136. The number of carbonyl (C=O) groups is 1. The number of carboxylic acids is 1. The van der Waals surface area contributed by atoms with Crippen LogP contribution in [-0.4, -0.2) is 24.3 Å². The SMILES string of the molecule is CCOc1ccc(CCC(=O)O)c(OCC)c1. The van der Waals surface area contributed by atoms with Crippen LogP contribution in [0.2, 0.25) is 0 Å². The van der Waals surface area contributed by atoms with Crippen molar-refractivity contribution >= 4 is 5.97 Å². The topological polar surface area (TPSA) is 55.8 Å². The predicted octanol–water partition coefficient (Wildman–Crippen LogP) is 2.50. The van der Waals surface area contributed by atoms with E-state index in [0.29, 0.717) is 25.4 Å². The second kappa shape index (κ2) is 6.78. The van der Waals surface area contributed by atoms with Crippen LogP contribution in [0.4, 0.5) is 0 Å². The van der Waals surface area contributed by atoms with Crippen molar-refractivity contribution in [2.45, 2.75) is 26.7 Å². The summed E-state index contributed by atoms with van der Waals surface area (Å²) in [5.41, 5.74) is 0.901. The Morgan fingerprint density at radius 3 is 2.53 bits per heavy atom. The molecule has 0 spiro atoms. The first-order valence-electron chi connectivity index (χ1n) is 5.77. The van der Waals surface area contributed by atoms with E-state index >= 15 is 0 Å². The molecule has 1 aromatic rings. The van der Waals surface area contributed by atoms with Crippen LogP contribution >= 0.6 is 0 Å². The average Bonchev–Trinajstić information content (AvgIpc) is 2.28. The van der Waals surface area contributed by atoms with E-state index in [-0.39, 0.29) is 6.42 Å². The largest absolute Gasteiger partial charge is 0.494 e. The maximum Gasteiger partial charge on any atom is 0.303 e. The molecule has 17 heavy (non-hydrogen) atoms. The van der Waals surface area contributed by atoms with Crippen molar-refractivity contribution in [3.63, 3.8) is 0 Å². The van der Waals surface area contributed by atoms with Gasteiger partial charge in [0.2, 0.25) is 0 Å². The maximum atomic E-state index is 10.5. The van der Waals surface area contributed by atoms with Gasteiger partial charge in [0.25, 0.3) is 0 Å². The number of ether oxygens (including phenoxy) is 2. The lowest BCUT2D eigenvalue weighted by Crippen LogP contribution is -2.02. The summed E-state index contributed by atoms with van der Waals surface area (Å²) < 4.78 is 10.9. The molecule has 94 valence electrons.